The Morgan fingerprint density at radius 3 is 2.62 bits per heavy atom. The predicted molar refractivity (Wildman–Crippen MR) is 95.4 cm³/mol. The van der Waals surface area contributed by atoms with Gasteiger partial charge < -0.3 is 15.4 Å². The average Bonchev–Trinajstić information content (AvgIpc) is 2.62. The van der Waals surface area contributed by atoms with Gasteiger partial charge in [0.05, 0.1) is 12.2 Å². The summed E-state index contributed by atoms with van der Waals surface area (Å²) in [5.74, 6) is 0.707. The van der Waals surface area contributed by atoms with Crippen molar-refractivity contribution in [2.24, 2.45) is 0 Å². The van der Waals surface area contributed by atoms with E-state index in [0.717, 1.165) is 27.8 Å². The fourth-order valence-corrected chi connectivity index (χ4v) is 3.21. The molecule has 1 aliphatic heterocycles. The van der Waals surface area contributed by atoms with E-state index in [9.17, 15) is 4.79 Å². The van der Waals surface area contributed by atoms with Crippen LogP contribution in [-0.2, 0) is 0 Å². The molecule has 0 fully saturated rings. The van der Waals surface area contributed by atoms with Crippen molar-refractivity contribution in [3.8, 4) is 5.75 Å². The van der Waals surface area contributed by atoms with Crippen LogP contribution in [0.2, 0.25) is 0 Å². The van der Waals surface area contributed by atoms with Crippen LogP contribution in [0.1, 0.15) is 29.0 Å². The van der Waals surface area contributed by atoms with E-state index in [1.165, 1.54) is 0 Å². The molecule has 0 aromatic heterocycles. The molecule has 2 N–H and O–H groups in total. The van der Waals surface area contributed by atoms with Crippen molar-refractivity contribution in [3.63, 3.8) is 0 Å². The first-order chi connectivity index (χ1) is 11.8. The van der Waals surface area contributed by atoms with Gasteiger partial charge in [-0.15, -0.1) is 0 Å². The lowest BCUT2D eigenvalue weighted by Crippen LogP contribution is -2.38. The van der Waals surface area contributed by atoms with Crippen molar-refractivity contribution in [3.05, 3.63) is 71.8 Å². The SMILES string of the molecule is CCOc1ccc2ccccc2c1[C@@H]1NC(=O)c2ccccc2N1. The summed E-state index contributed by atoms with van der Waals surface area (Å²) in [6.07, 6.45) is -0.333. The number of anilines is 1. The number of hydrogen-bond acceptors (Lipinski definition) is 3. The summed E-state index contributed by atoms with van der Waals surface area (Å²) >= 11 is 0. The zero-order valence-electron chi connectivity index (χ0n) is 13.4. The van der Waals surface area contributed by atoms with Gasteiger partial charge in [-0.05, 0) is 35.9 Å². The maximum atomic E-state index is 12.5. The van der Waals surface area contributed by atoms with Crippen LogP contribution in [0.4, 0.5) is 5.69 Å². The Bertz CT molecular complexity index is 920. The zero-order chi connectivity index (χ0) is 16.5. The van der Waals surface area contributed by atoms with Crippen molar-refractivity contribution < 1.29 is 9.53 Å². The standard InChI is InChI=1S/C20H18N2O2/c1-2-24-17-12-11-13-7-3-4-8-14(13)18(17)19-21-16-10-6-5-9-15(16)20(23)22-19/h3-12,19,21H,2H2,1H3,(H,22,23)/t19-/m0/s1. The molecular weight excluding hydrogens is 300 g/mol. The first-order valence-electron chi connectivity index (χ1n) is 8.09. The van der Waals surface area contributed by atoms with E-state index in [0.29, 0.717) is 12.2 Å². The number of rotatable bonds is 3. The van der Waals surface area contributed by atoms with Crippen molar-refractivity contribution in [2.45, 2.75) is 13.1 Å². The van der Waals surface area contributed by atoms with E-state index < -0.39 is 0 Å². The van der Waals surface area contributed by atoms with Crippen LogP contribution in [0.15, 0.2) is 60.7 Å². The van der Waals surface area contributed by atoms with E-state index in [4.69, 9.17) is 4.74 Å². The first-order valence-corrected chi connectivity index (χ1v) is 8.09. The van der Waals surface area contributed by atoms with Crippen LogP contribution in [-0.4, -0.2) is 12.5 Å². The third-order valence-electron chi connectivity index (χ3n) is 4.27. The second-order valence-corrected chi connectivity index (χ2v) is 5.73. The Morgan fingerprint density at radius 1 is 0.958 bits per heavy atom. The van der Waals surface area contributed by atoms with Gasteiger partial charge >= 0.3 is 0 Å². The number of nitrogens with one attached hydrogen (secondary N) is 2. The number of hydrogen-bond donors (Lipinski definition) is 2. The third-order valence-corrected chi connectivity index (χ3v) is 4.27. The van der Waals surface area contributed by atoms with E-state index in [-0.39, 0.29) is 12.1 Å². The van der Waals surface area contributed by atoms with E-state index in [1.807, 2.05) is 55.5 Å². The number of amides is 1. The molecule has 0 bridgehead atoms. The molecule has 4 rings (SSSR count). The molecule has 0 saturated heterocycles. The van der Waals surface area contributed by atoms with Crippen LogP contribution in [0, 0.1) is 0 Å². The van der Waals surface area contributed by atoms with Gasteiger partial charge in [0.15, 0.2) is 0 Å². The second-order valence-electron chi connectivity index (χ2n) is 5.73. The minimum atomic E-state index is -0.333. The maximum Gasteiger partial charge on any atom is 0.255 e. The Balaban J connectivity index is 1.87. The van der Waals surface area contributed by atoms with Gasteiger partial charge in [0.2, 0.25) is 0 Å². The van der Waals surface area contributed by atoms with Gasteiger partial charge in [0.1, 0.15) is 11.9 Å². The third kappa shape index (κ3) is 2.36. The number of benzene rings is 3. The highest BCUT2D eigenvalue weighted by atomic mass is 16.5. The molecule has 4 heteroatoms. The summed E-state index contributed by atoms with van der Waals surface area (Å²) in [6, 6.07) is 19.7. The number of ether oxygens (including phenoxy) is 1. The summed E-state index contributed by atoms with van der Waals surface area (Å²) in [4.78, 5) is 12.5. The van der Waals surface area contributed by atoms with Crippen molar-refractivity contribution in [1.29, 1.82) is 0 Å². The summed E-state index contributed by atoms with van der Waals surface area (Å²) < 4.78 is 5.83. The largest absolute Gasteiger partial charge is 0.493 e. The Labute approximate surface area is 140 Å². The molecule has 3 aromatic carbocycles. The van der Waals surface area contributed by atoms with Gasteiger partial charge in [0, 0.05) is 11.3 Å². The Hall–Kier alpha value is -3.01. The van der Waals surface area contributed by atoms with E-state index in [1.54, 1.807) is 0 Å². The van der Waals surface area contributed by atoms with Gasteiger partial charge in [-0.25, -0.2) is 0 Å². The fourth-order valence-electron chi connectivity index (χ4n) is 3.21. The molecule has 0 spiro atoms. The number of carbonyl (C=O) groups excluding carboxylic acids is 1. The maximum absolute atomic E-state index is 12.5. The topological polar surface area (TPSA) is 50.4 Å². The second kappa shape index (κ2) is 5.89. The quantitative estimate of drug-likeness (QED) is 0.764. The van der Waals surface area contributed by atoms with Crippen LogP contribution in [0.25, 0.3) is 10.8 Å². The minimum absolute atomic E-state index is 0.0790. The lowest BCUT2D eigenvalue weighted by Gasteiger charge is -2.30. The highest BCUT2D eigenvalue weighted by Crippen LogP contribution is 2.36. The summed E-state index contributed by atoms with van der Waals surface area (Å²) in [6.45, 7) is 2.53. The van der Waals surface area contributed by atoms with Gasteiger partial charge in [-0.2, -0.15) is 0 Å². The number of carbonyl (C=O) groups is 1. The Kier molecular flexibility index (Phi) is 3.58. The van der Waals surface area contributed by atoms with Gasteiger partial charge in [-0.1, -0.05) is 42.5 Å². The van der Waals surface area contributed by atoms with Crippen LogP contribution >= 0.6 is 0 Å². The minimum Gasteiger partial charge on any atom is -0.493 e. The molecule has 1 heterocycles. The molecule has 0 radical (unpaired) electrons. The monoisotopic (exact) mass is 318 g/mol. The van der Waals surface area contributed by atoms with Crippen LogP contribution < -0.4 is 15.4 Å². The highest BCUT2D eigenvalue weighted by molar-refractivity contribution is 6.02. The van der Waals surface area contributed by atoms with E-state index in [2.05, 4.69) is 22.8 Å². The lowest BCUT2D eigenvalue weighted by molar-refractivity contribution is 0.0935. The molecular formula is C20H18N2O2. The predicted octanol–water partition coefficient (Wildman–Crippen LogP) is 4.09. The molecule has 1 amide bonds. The lowest BCUT2D eigenvalue weighted by atomic mass is 9.99. The smallest absolute Gasteiger partial charge is 0.255 e. The van der Waals surface area contributed by atoms with E-state index >= 15 is 0 Å². The fraction of sp³-hybridized carbons (Fsp3) is 0.150. The average molecular weight is 318 g/mol. The van der Waals surface area contributed by atoms with Crippen molar-refractivity contribution in [2.75, 3.05) is 11.9 Å². The van der Waals surface area contributed by atoms with Crippen molar-refractivity contribution in [1.82, 2.24) is 5.32 Å². The van der Waals surface area contributed by atoms with Gasteiger partial charge in [-0.3, -0.25) is 4.79 Å². The summed E-state index contributed by atoms with van der Waals surface area (Å²) in [5.41, 5.74) is 2.45. The Morgan fingerprint density at radius 2 is 1.75 bits per heavy atom. The molecule has 0 saturated carbocycles. The molecule has 4 nitrogen and oxygen atoms in total. The normalized spacial score (nSPS) is 16.2. The molecule has 1 aliphatic rings. The molecule has 0 aliphatic carbocycles. The molecule has 1 atom stereocenters. The van der Waals surface area contributed by atoms with Crippen LogP contribution in [0.5, 0.6) is 5.75 Å². The van der Waals surface area contributed by atoms with Gasteiger partial charge in [0.25, 0.3) is 5.91 Å². The molecule has 24 heavy (non-hydrogen) atoms. The van der Waals surface area contributed by atoms with Crippen LogP contribution in [0.3, 0.4) is 0 Å². The molecule has 0 unspecified atom stereocenters. The highest BCUT2D eigenvalue weighted by Gasteiger charge is 2.27. The molecule has 3 aromatic rings. The summed E-state index contributed by atoms with van der Waals surface area (Å²) in [5, 5.41) is 8.66. The number of para-hydroxylation sites is 1. The number of fused-ring (bicyclic) bond motifs is 2. The molecule has 120 valence electrons. The first kappa shape index (κ1) is 14.6. The zero-order valence-corrected chi connectivity index (χ0v) is 13.4. The van der Waals surface area contributed by atoms with Crippen molar-refractivity contribution >= 4 is 22.4 Å². The summed E-state index contributed by atoms with van der Waals surface area (Å²) in [7, 11) is 0.